The zero-order valence-corrected chi connectivity index (χ0v) is 18.6. The van der Waals surface area contributed by atoms with Gasteiger partial charge in [-0.15, -0.1) is 0 Å². The molecule has 0 atom stereocenters. The lowest BCUT2D eigenvalue weighted by Crippen LogP contribution is -2.26. The second-order valence-electron chi connectivity index (χ2n) is 8.59. The van der Waals surface area contributed by atoms with E-state index >= 15 is 0 Å². The van der Waals surface area contributed by atoms with Crippen LogP contribution in [-0.2, 0) is 11.3 Å². The van der Waals surface area contributed by atoms with Gasteiger partial charge in [0.15, 0.2) is 0 Å². The molecule has 0 aliphatic rings. The molecule has 4 heteroatoms. The van der Waals surface area contributed by atoms with Crippen molar-refractivity contribution >= 4 is 33.8 Å². The summed E-state index contributed by atoms with van der Waals surface area (Å²) in [5, 5.41) is 4.63. The van der Waals surface area contributed by atoms with Crippen molar-refractivity contribution in [3.63, 3.8) is 0 Å². The lowest BCUT2D eigenvalue weighted by atomic mass is 9.97. The molecule has 4 aromatic carbocycles. The van der Waals surface area contributed by atoms with Crippen molar-refractivity contribution in [2.75, 3.05) is 0 Å². The van der Waals surface area contributed by atoms with E-state index in [1.54, 1.807) is 39.0 Å². The summed E-state index contributed by atoms with van der Waals surface area (Å²) >= 11 is 0. The van der Waals surface area contributed by atoms with Crippen molar-refractivity contribution in [1.82, 2.24) is 0 Å². The lowest BCUT2D eigenvalue weighted by molar-refractivity contribution is 0.0206. The van der Waals surface area contributed by atoms with Gasteiger partial charge in [0.25, 0.3) is 0 Å². The van der Waals surface area contributed by atoms with Crippen LogP contribution in [0.3, 0.4) is 0 Å². The summed E-state index contributed by atoms with van der Waals surface area (Å²) in [6.45, 7) is 9.56. The largest absolute Gasteiger partial charge is 0.514 e. The van der Waals surface area contributed by atoms with Crippen LogP contribution < -0.4 is 9.47 Å². The summed E-state index contributed by atoms with van der Waals surface area (Å²) in [7, 11) is 0. The van der Waals surface area contributed by atoms with Gasteiger partial charge in [-0.05, 0) is 66.1 Å². The highest BCUT2D eigenvalue weighted by Gasteiger charge is 2.18. The summed E-state index contributed by atoms with van der Waals surface area (Å²) in [6.07, 6.45) is 0.923. The maximum absolute atomic E-state index is 12.1. The maximum Gasteiger partial charge on any atom is 0.514 e. The van der Waals surface area contributed by atoms with Crippen LogP contribution in [0, 0.1) is 0 Å². The molecule has 0 aliphatic heterocycles. The van der Waals surface area contributed by atoms with Gasteiger partial charge in [0.1, 0.15) is 23.7 Å². The van der Waals surface area contributed by atoms with E-state index in [4.69, 9.17) is 14.2 Å². The van der Waals surface area contributed by atoms with E-state index in [1.807, 2.05) is 30.3 Å². The topological polar surface area (TPSA) is 44.8 Å². The quantitative estimate of drug-likeness (QED) is 0.188. The molecular weight excluding hydrogens is 400 g/mol. The fourth-order valence-electron chi connectivity index (χ4n) is 3.64. The molecule has 0 heterocycles. The minimum Gasteiger partial charge on any atom is -0.489 e. The highest BCUT2D eigenvalue weighted by Crippen LogP contribution is 2.31. The normalized spacial score (nSPS) is 11.3. The summed E-state index contributed by atoms with van der Waals surface area (Å²) in [6, 6.07) is 24.0. The molecule has 0 spiro atoms. The highest BCUT2D eigenvalue weighted by atomic mass is 16.7. The number of hydrogen-bond donors (Lipinski definition) is 0. The first kappa shape index (κ1) is 21.4. The zero-order valence-electron chi connectivity index (χ0n) is 18.6. The van der Waals surface area contributed by atoms with E-state index in [0.717, 1.165) is 21.9 Å². The molecular formula is C28H26O4. The molecule has 4 rings (SSSR count). The van der Waals surface area contributed by atoms with Crippen molar-refractivity contribution in [3.05, 3.63) is 90.5 Å². The SMILES string of the molecule is C=Cc1cc(OCc2c3ccccc3cc3ccccc23)cc(OC(=O)OC(C)(C)C)c1. The molecule has 0 N–H and O–H groups in total. The molecule has 0 amide bonds. The molecule has 0 aromatic heterocycles. The predicted molar refractivity (Wildman–Crippen MR) is 129 cm³/mol. The molecule has 32 heavy (non-hydrogen) atoms. The summed E-state index contributed by atoms with van der Waals surface area (Å²) in [5.74, 6) is 0.924. The first-order valence-corrected chi connectivity index (χ1v) is 10.5. The third-order valence-corrected chi connectivity index (χ3v) is 4.99. The Labute approximate surface area is 188 Å². The van der Waals surface area contributed by atoms with Crippen LogP contribution >= 0.6 is 0 Å². The van der Waals surface area contributed by atoms with E-state index in [2.05, 4.69) is 36.9 Å². The maximum atomic E-state index is 12.1. The first-order valence-electron chi connectivity index (χ1n) is 10.5. The standard InChI is InChI=1S/C28H26O4/c1-5-19-14-22(17-23(15-19)31-27(29)32-28(2,3)4)30-18-26-24-12-8-6-10-20(24)16-21-11-7-9-13-25(21)26/h5-17H,1,18H2,2-4H3. The van der Waals surface area contributed by atoms with E-state index in [0.29, 0.717) is 18.1 Å². The average molecular weight is 427 g/mol. The van der Waals surface area contributed by atoms with Crippen molar-refractivity contribution in [3.8, 4) is 11.5 Å². The Morgan fingerprint density at radius 2 is 1.47 bits per heavy atom. The molecule has 0 saturated carbocycles. The van der Waals surface area contributed by atoms with Crippen LogP contribution in [0.2, 0.25) is 0 Å². The Morgan fingerprint density at radius 1 is 0.875 bits per heavy atom. The van der Waals surface area contributed by atoms with Crippen molar-refractivity contribution < 1.29 is 19.0 Å². The molecule has 162 valence electrons. The monoisotopic (exact) mass is 426 g/mol. The fraction of sp³-hybridized carbons (Fsp3) is 0.179. The van der Waals surface area contributed by atoms with Gasteiger partial charge in [-0.1, -0.05) is 61.2 Å². The van der Waals surface area contributed by atoms with Crippen molar-refractivity contribution in [2.45, 2.75) is 33.0 Å². The van der Waals surface area contributed by atoms with Crippen LogP contribution in [0.4, 0.5) is 4.79 Å². The molecule has 0 radical (unpaired) electrons. The lowest BCUT2D eigenvalue weighted by Gasteiger charge is -2.19. The van der Waals surface area contributed by atoms with E-state index < -0.39 is 11.8 Å². The van der Waals surface area contributed by atoms with Gasteiger partial charge in [0, 0.05) is 11.6 Å². The van der Waals surface area contributed by atoms with Gasteiger partial charge in [-0.2, -0.15) is 0 Å². The third-order valence-electron chi connectivity index (χ3n) is 4.99. The minimum atomic E-state index is -0.760. The molecule has 4 aromatic rings. The van der Waals surface area contributed by atoms with Crippen LogP contribution in [0.5, 0.6) is 11.5 Å². The number of ether oxygens (including phenoxy) is 3. The van der Waals surface area contributed by atoms with E-state index in [1.165, 1.54) is 10.8 Å². The predicted octanol–water partition coefficient (Wildman–Crippen LogP) is 7.53. The number of fused-ring (bicyclic) bond motifs is 2. The summed E-state index contributed by atoms with van der Waals surface area (Å²) in [5.41, 5.74) is 1.25. The van der Waals surface area contributed by atoms with Crippen molar-refractivity contribution in [2.24, 2.45) is 0 Å². The number of hydrogen-bond acceptors (Lipinski definition) is 4. The Morgan fingerprint density at radius 3 is 2.06 bits per heavy atom. The number of benzene rings is 4. The Hall–Kier alpha value is -3.79. The second kappa shape index (κ2) is 8.75. The molecule has 0 saturated heterocycles. The van der Waals surface area contributed by atoms with Crippen LogP contribution in [0.25, 0.3) is 27.6 Å². The smallest absolute Gasteiger partial charge is 0.489 e. The summed E-state index contributed by atoms with van der Waals surface area (Å²) < 4.78 is 16.8. The minimum absolute atomic E-state index is 0.342. The van der Waals surface area contributed by atoms with Crippen LogP contribution in [-0.4, -0.2) is 11.8 Å². The molecule has 0 bridgehead atoms. The van der Waals surface area contributed by atoms with Crippen molar-refractivity contribution in [1.29, 1.82) is 0 Å². The number of rotatable bonds is 5. The van der Waals surface area contributed by atoms with Gasteiger partial charge < -0.3 is 14.2 Å². The van der Waals surface area contributed by atoms with E-state index in [-0.39, 0.29) is 0 Å². The summed E-state index contributed by atoms with van der Waals surface area (Å²) in [4.78, 5) is 12.1. The van der Waals surface area contributed by atoms with Gasteiger partial charge >= 0.3 is 6.16 Å². The number of carbonyl (C=O) groups excluding carboxylic acids is 1. The van der Waals surface area contributed by atoms with Gasteiger partial charge in [0.2, 0.25) is 0 Å². The van der Waals surface area contributed by atoms with Gasteiger partial charge in [-0.3, -0.25) is 0 Å². The first-order chi connectivity index (χ1) is 15.3. The highest BCUT2D eigenvalue weighted by molar-refractivity contribution is 6.02. The Balaban J connectivity index is 1.64. The van der Waals surface area contributed by atoms with E-state index in [9.17, 15) is 4.79 Å². The Bertz CT molecular complexity index is 1240. The fourth-order valence-corrected chi connectivity index (χ4v) is 3.64. The van der Waals surface area contributed by atoms with Gasteiger partial charge in [-0.25, -0.2) is 4.79 Å². The Kier molecular flexibility index (Phi) is 5.87. The van der Waals surface area contributed by atoms with Gasteiger partial charge in [0.05, 0.1) is 0 Å². The molecule has 0 fully saturated rings. The average Bonchev–Trinajstić information content (AvgIpc) is 2.75. The number of carbonyl (C=O) groups is 1. The molecule has 0 aliphatic carbocycles. The van der Waals surface area contributed by atoms with Crippen LogP contribution in [0.1, 0.15) is 31.9 Å². The van der Waals surface area contributed by atoms with Crippen LogP contribution in [0.15, 0.2) is 79.4 Å². The molecule has 4 nitrogen and oxygen atoms in total. The third kappa shape index (κ3) is 4.92. The molecule has 0 unspecified atom stereocenters. The zero-order chi connectivity index (χ0) is 22.7. The second-order valence-corrected chi connectivity index (χ2v) is 8.59.